The second-order valence-corrected chi connectivity index (χ2v) is 7.79. The minimum atomic E-state index is -1.85. The Bertz CT molecular complexity index is 565. The summed E-state index contributed by atoms with van der Waals surface area (Å²) in [5.74, 6) is -0.819. The van der Waals surface area contributed by atoms with Crippen molar-refractivity contribution in [1.82, 2.24) is 10.6 Å². The second-order valence-electron chi connectivity index (χ2n) is 3.90. The highest BCUT2D eigenvalue weighted by Gasteiger charge is 2.34. The van der Waals surface area contributed by atoms with Crippen LogP contribution in [0.25, 0.3) is 0 Å². The first-order valence-corrected chi connectivity index (χ1v) is 8.41. The number of hydrogen-bond acceptors (Lipinski definition) is 2. The number of carbonyl (C=O) groups excluding carboxylic acids is 1. The van der Waals surface area contributed by atoms with E-state index in [9.17, 15) is 4.79 Å². The standard InChI is InChI=1S/C11H9Cl6N3OS/c12-4-8(21)19-9(11(15,16)17)20-10(22)18-7-2-1-5(13)3-6(7)14/h1-3,9H,4H2,(H,19,21)(H2,18,20,22)/t9-/m0/s1. The average Bonchev–Trinajstić information content (AvgIpc) is 2.40. The van der Waals surface area contributed by atoms with Crippen LogP contribution in [0.5, 0.6) is 0 Å². The normalized spacial score (nSPS) is 12.5. The Kier molecular flexibility index (Phi) is 8.09. The third-order valence-electron chi connectivity index (χ3n) is 2.21. The molecule has 1 atom stereocenters. The first-order chi connectivity index (χ1) is 10.1. The van der Waals surface area contributed by atoms with Crippen molar-refractivity contribution in [2.75, 3.05) is 11.2 Å². The fourth-order valence-electron chi connectivity index (χ4n) is 1.28. The zero-order valence-corrected chi connectivity index (χ0v) is 16.0. The van der Waals surface area contributed by atoms with Crippen molar-refractivity contribution < 1.29 is 4.79 Å². The Labute approximate surface area is 162 Å². The zero-order valence-electron chi connectivity index (χ0n) is 10.6. The Morgan fingerprint density at radius 1 is 1.23 bits per heavy atom. The number of halogens is 6. The number of nitrogens with one attached hydrogen (secondary N) is 3. The van der Waals surface area contributed by atoms with Crippen molar-refractivity contribution in [1.29, 1.82) is 0 Å². The van der Waals surface area contributed by atoms with Gasteiger partial charge >= 0.3 is 0 Å². The van der Waals surface area contributed by atoms with Gasteiger partial charge < -0.3 is 16.0 Å². The lowest BCUT2D eigenvalue weighted by Crippen LogP contribution is -2.56. The van der Waals surface area contributed by atoms with Gasteiger partial charge in [-0.25, -0.2) is 0 Å². The zero-order chi connectivity index (χ0) is 16.9. The molecule has 0 bridgehead atoms. The lowest BCUT2D eigenvalue weighted by molar-refractivity contribution is -0.119. The molecule has 11 heteroatoms. The minimum Gasteiger partial charge on any atom is -0.339 e. The summed E-state index contributed by atoms with van der Waals surface area (Å²) in [7, 11) is 0. The van der Waals surface area contributed by atoms with E-state index in [0.29, 0.717) is 15.7 Å². The maximum absolute atomic E-state index is 11.3. The molecule has 0 spiro atoms. The monoisotopic (exact) mass is 441 g/mol. The minimum absolute atomic E-state index is 0.0791. The summed E-state index contributed by atoms with van der Waals surface area (Å²) in [5, 5.41) is 8.75. The molecular formula is C11H9Cl6N3OS. The van der Waals surface area contributed by atoms with Crippen LogP contribution in [-0.4, -0.2) is 26.9 Å². The molecule has 0 heterocycles. The SMILES string of the molecule is O=C(CCl)N[C@@H](NC(=S)Nc1ccc(Cl)cc1Cl)C(Cl)(Cl)Cl. The van der Waals surface area contributed by atoms with Crippen LogP contribution in [0.15, 0.2) is 18.2 Å². The highest BCUT2D eigenvalue weighted by Crippen LogP contribution is 2.29. The van der Waals surface area contributed by atoms with Crippen LogP contribution < -0.4 is 16.0 Å². The first kappa shape index (κ1) is 20.2. The maximum Gasteiger partial charge on any atom is 0.236 e. The highest BCUT2D eigenvalue weighted by atomic mass is 35.6. The number of amides is 1. The second kappa shape index (κ2) is 8.83. The molecule has 122 valence electrons. The molecule has 0 aromatic heterocycles. The van der Waals surface area contributed by atoms with E-state index in [1.54, 1.807) is 12.1 Å². The molecule has 1 rings (SSSR count). The van der Waals surface area contributed by atoms with Crippen LogP contribution >= 0.6 is 81.8 Å². The largest absolute Gasteiger partial charge is 0.339 e. The predicted molar refractivity (Wildman–Crippen MR) is 98.8 cm³/mol. The van der Waals surface area contributed by atoms with E-state index >= 15 is 0 Å². The van der Waals surface area contributed by atoms with Crippen LogP contribution in [-0.2, 0) is 4.79 Å². The van der Waals surface area contributed by atoms with Crippen molar-refractivity contribution in [3.05, 3.63) is 28.2 Å². The number of benzene rings is 1. The summed E-state index contributed by atoms with van der Waals surface area (Å²) in [6.45, 7) is 0. The molecule has 3 N–H and O–H groups in total. The van der Waals surface area contributed by atoms with E-state index < -0.39 is 15.9 Å². The molecule has 22 heavy (non-hydrogen) atoms. The molecular weight excluding hydrogens is 435 g/mol. The molecule has 0 fully saturated rings. The number of anilines is 1. The Balaban J connectivity index is 2.76. The number of rotatable bonds is 4. The van der Waals surface area contributed by atoms with Crippen molar-refractivity contribution >= 4 is 98.5 Å². The molecule has 0 saturated heterocycles. The van der Waals surface area contributed by atoms with Gasteiger partial charge in [0, 0.05) is 5.02 Å². The van der Waals surface area contributed by atoms with E-state index in [1.165, 1.54) is 6.07 Å². The van der Waals surface area contributed by atoms with Crippen LogP contribution in [0.3, 0.4) is 0 Å². The van der Waals surface area contributed by atoms with Crippen LogP contribution in [0.1, 0.15) is 0 Å². The predicted octanol–water partition coefficient (Wildman–Crippen LogP) is 4.33. The molecule has 0 radical (unpaired) electrons. The smallest absolute Gasteiger partial charge is 0.236 e. The quantitative estimate of drug-likeness (QED) is 0.368. The highest BCUT2D eigenvalue weighted by molar-refractivity contribution is 7.80. The summed E-state index contributed by atoms with van der Waals surface area (Å²) in [6.07, 6.45) is -1.09. The van der Waals surface area contributed by atoms with Crippen molar-refractivity contribution in [3.63, 3.8) is 0 Å². The van der Waals surface area contributed by atoms with E-state index in [-0.39, 0.29) is 11.0 Å². The molecule has 0 unspecified atom stereocenters. The van der Waals surface area contributed by atoms with E-state index in [1.807, 2.05) is 0 Å². The summed E-state index contributed by atoms with van der Waals surface area (Å²) >= 11 is 39.6. The fourth-order valence-corrected chi connectivity index (χ4v) is 2.37. The van der Waals surface area contributed by atoms with Gasteiger partial charge in [-0.2, -0.15) is 0 Å². The molecule has 0 saturated carbocycles. The third kappa shape index (κ3) is 6.71. The first-order valence-electron chi connectivity index (χ1n) is 5.58. The average molecular weight is 444 g/mol. The van der Waals surface area contributed by atoms with Crippen LogP contribution in [0.2, 0.25) is 10.0 Å². The van der Waals surface area contributed by atoms with Gasteiger partial charge in [0.1, 0.15) is 12.0 Å². The third-order valence-corrected chi connectivity index (χ3v) is 3.87. The van der Waals surface area contributed by atoms with Gasteiger partial charge in [0.15, 0.2) is 5.11 Å². The molecule has 1 aromatic carbocycles. The number of thiocarbonyl (C=S) groups is 1. The molecule has 1 amide bonds. The van der Waals surface area contributed by atoms with Gasteiger partial charge in [-0.3, -0.25) is 4.79 Å². The summed E-state index contributed by atoms with van der Waals surface area (Å²) < 4.78 is -1.85. The van der Waals surface area contributed by atoms with Gasteiger partial charge in [0.2, 0.25) is 9.70 Å². The number of alkyl halides is 4. The van der Waals surface area contributed by atoms with Crippen molar-refractivity contribution in [2.24, 2.45) is 0 Å². The number of carbonyl (C=O) groups is 1. The van der Waals surface area contributed by atoms with Crippen molar-refractivity contribution in [3.8, 4) is 0 Å². The maximum atomic E-state index is 11.3. The van der Waals surface area contributed by atoms with E-state index in [4.69, 9.17) is 81.8 Å². The van der Waals surface area contributed by atoms with Gasteiger partial charge in [0.25, 0.3) is 0 Å². The molecule has 0 aliphatic heterocycles. The van der Waals surface area contributed by atoms with Crippen molar-refractivity contribution in [2.45, 2.75) is 9.96 Å². The molecule has 0 aliphatic rings. The van der Waals surface area contributed by atoms with Gasteiger partial charge in [0.05, 0.1) is 10.7 Å². The Hall–Kier alpha value is 0.120. The van der Waals surface area contributed by atoms with Crippen LogP contribution in [0.4, 0.5) is 5.69 Å². The Morgan fingerprint density at radius 2 is 1.86 bits per heavy atom. The summed E-state index contributed by atoms with van der Waals surface area (Å²) in [5.41, 5.74) is 0.496. The molecule has 1 aromatic rings. The topological polar surface area (TPSA) is 53.2 Å². The van der Waals surface area contributed by atoms with Gasteiger partial charge in [-0.15, -0.1) is 11.6 Å². The van der Waals surface area contributed by atoms with E-state index in [0.717, 1.165) is 0 Å². The van der Waals surface area contributed by atoms with Crippen LogP contribution in [0, 0.1) is 0 Å². The summed E-state index contributed by atoms with van der Waals surface area (Å²) in [4.78, 5) is 11.3. The van der Waals surface area contributed by atoms with Gasteiger partial charge in [-0.05, 0) is 30.4 Å². The fraction of sp³-hybridized carbons (Fsp3) is 0.273. The molecule has 0 aliphatic carbocycles. The lowest BCUT2D eigenvalue weighted by Gasteiger charge is -2.27. The Morgan fingerprint density at radius 3 is 2.36 bits per heavy atom. The molecule has 4 nitrogen and oxygen atoms in total. The lowest BCUT2D eigenvalue weighted by atomic mass is 10.3. The number of hydrogen-bond donors (Lipinski definition) is 3. The summed E-state index contributed by atoms with van der Waals surface area (Å²) in [6, 6.07) is 4.79. The van der Waals surface area contributed by atoms with E-state index in [2.05, 4.69) is 16.0 Å². The van der Waals surface area contributed by atoms with Gasteiger partial charge in [-0.1, -0.05) is 58.0 Å².